The van der Waals surface area contributed by atoms with E-state index in [-0.39, 0.29) is 4.87 Å². The van der Waals surface area contributed by atoms with E-state index in [0.29, 0.717) is 17.4 Å². The van der Waals surface area contributed by atoms with Gasteiger partial charge in [-0.25, -0.2) is 0 Å². The molecule has 3 nitrogen and oxygen atoms in total. The minimum Gasteiger partial charge on any atom is -0.315 e. The van der Waals surface area contributed by atoms with Crippen molar-refractivity contribution in [2.45, 2.75) is 52.6 Å². The van der Waals surface area contributed by atoms with Crippen LogP contribution in [0.3, 0.4) is 0 Å². The van der Waals surface area contributed by atoms with Crippen LogP contribution < -0.4 is 10.2 Å². The van der Waals surface area contributed by atoms with Crippen molar-refractivity contribution < 1.29 is 0 Å². The molecule has 0 amide bonds. The van der Waals surface area contributed by atoms with Gasteiger partial charge in [0.2, 0.25) is 0 Å². The highest BCUT2D eigenvalue weighted by molar-refractivity contribution is 7.07. The summed E-state index contributed by atoms with van der Waals surface area (Å²) in [6.45, 7) is 7.83. The van der Waals surface area contributed by atoms with Crippen LogP contribution in [0.5, 0.6) is 0 Å². The molecular formula is C13H22N2OS. The largest absolute Gasteiger partial charge is 0.315 e. The Bertz CT molecular complexity index is 421. The summed E-state index contributed by atoms with van der Waals surface area (Å²) in [6, 6.07) is 0.589. The molecule has 1 aromatic rings. The number of aromatic nitrogens is 1. The molecule has 1 aromatic heterocycles. The fourth-order valence-electron chi connectivity index (χ4n) is 2.89. The summed E-state index contributed by atoms with van der Waals surface area (Å²) in [6.07, 6.45) is 3.81. The third-order valence-electron chi connectivity index (χ3n) is 3.82. The molecule has 0 spiro atoms. The lowest BCUT2D eigenvalue weighted by Gasteiger charge is -2.39. The van der Waals surface area contributed by atoms with Crippen molar-refractivity contribution in [3.8, 4) is 0 Å². The predicted molar refractivity (Wildman–Crippen MR) is 72.4 cm³/mol. The molecule has 2 N–H and O–H groups in total. The second kappa shape index (κ2) is 4.94. The molecule has 0 bridgehead atoms. The van der Waals surface area contributed by atoms with Gasteiger partial charge in [-0.15, -0.1) is 0 Å². The molecule has 96 valence electrons. The van der Waals surface area contributed by atoms with Gasteiger partial charge in [-0.05, 0) is 30.6 Å². The topological polar surface area (TPSA) is 44.9 Å². The average Bonchev–Trinajstić information content (AvgIpc) is 2.62. The zero-order valence-electron chi connectivity index (χ0n) is 10.9. The fraction of sp³-hybridized carbons (Fsp3) is 0.769. The molecule has 0 radical (unpaired) electrons. The van der Waals surface area contributed by atoms with E-state index in [4.69, 9.17) is 0 Å². The molecule has 0 aliphatic heterocycles. The first-order chi connectivity index (χ1) is 7.96. The predicted octanol–water partition coefficient (Wildman–Crippen LogP) is 2.74. The zero-order chi connectivity index (χ0) is 12.5. The Kier molecular flexibility index (Phi) is 3.73. The first-order valence-corrected chi connectivity index (χ1v) is 7.24. The van der Waals surface area contributed by atoms with E-state index in [2.05, 4.69) is 31.1 Å². The molecule has 1 aliphatic rings. The van der Waals surface area contributed by atoms with E-state index in [1.807, 2.05) is 5.38 Å². The monoisotopic (exact) mass is 254 g/mol. The first-order valence-electron chi connectivity index (χ1n) is 6.36. The lowest BCUT2D eigenvalue weighted by molar-refractivity contribution is 0.148. The molecule has 1 heterocycles. The van der Waals surface area contributed by atoms with Crippen LogP contribution in [0.2, 0.25) is 0 Å². The van der Waals surface area contributed by atoms with Crippen LogP contribution in [0.1, 0.15) is 45.7 Å². The minimum absolute atomic E-state index is 0.0413. The molecule has 1 saturated carbocycles. The third-order valence-corrected chi connectivity index (χ3v) is 4.54. The molecule has 1 aliphatic carbocycles. The smallest absolute Gasteiger partial charge is 0.304 e. The molecule has 2 unspecified atom stereocenters. The van der Waals surface area contributed by atoms with Crippen LogP contribution in [-0.2, 0) is 6.54 Å². The molecule has 2 rings (SSSR count). The summed E-state index contributed by atoms with van der Waals surface area (Å²) < 4.78 is 0. The summed E-state index contributed by atoms with van der Waals surface area (Å²) in [4.78, 5) is 13.9. The van der Waals surface area contributed by atoms with Crippen molar-refractivity contribution in [1.82, 2.24) is 10.3 Å². The van der Waals surface area contributed by atoms with Gasteiger partial charge in [-0.1, -0.05) is 32.1 Å². The van der Waals surface area contributed by atoms with Crippen molar-refractivity contribution >= 4 is 11.3 Å². The number of hydrogen-bond donors (Lipinski definition) is 2. The Labute approximate surface area is 107 Å². The Morgan fingerprint density at radius 3 is 2.94 bits per heavy atom. The maximum Gasteiger partial charge on any atom is 0.304 e. The van der Waals surface area contributed by atoms with Gasteiger partial charge in [0.15, 0.2) is 0 Å². The summed E-state index contributed by atoms with van der Waals surface area (Å²) in [5, 5.41) is 5.48. The van der Waals surface area contributed by atoms with Crippen LogP contribution in [0.15, 0.2) is 10.2 Å². The highest BCUT2D eigenvalue weighted by atomic mass is 32.1. The minimum atomic E-state index is 0.0413. The molecule has 4 heteroatoms. The lowest BCUT2D eigenvalue weighted by atomic mass is 9.70. The summed E-state index contributed by atoms with van der Waals surface area (Å²) in [5.41, 5.74) is 1.51. The fourth-order valence-corrected chi connectivity index (χ4v) is 3.47. The molecule has 1 fully saturated rings. The van der Waals surface area contributed by atoms with E-state index in [9.17, 15) is 4.79 Å². The van der Waals surface area contributed by atoms with Gasteiger partial charge in [0.1, 0.15) is 0 Å². The van der Waals surface area contributed by atoms with Gasteiger partial charge in [0.25, 0.3) is 0 Å². The Hall–Kier alpha value is -0.610. The average molecular weight is 254 g/mol. The highest BCUT2D eigenvalue weighted by Gasteiger charge is 2.31. The van der Waals surface area contributed by atoms with Gasteiger partial charge >= 0.3 is 4.87 Å². The van der Waals surface area contributed by atoms with E-state index < -0.39 is 0 Å². The summed E-state index contributed by atoms with van der Waals surface area (Å²) in [5.74, 6) is 0.712. The molecule has 2 atom stereocenters. The van der Waals surface area contributed by atoms with Gasteiger partial charge < -0.3 is 10.3 Å². The van der Waals surface area contributed by atoms with Crippen LogP contribution in [-0.4, -0.2) is 11.0 Å². The Morgan fingerprint density at radius 2 is 2.35 bits per heavy atom. The van der Waals surface area contributed by atoms with E-state index in [1.54, 1.807) is 0 Å². The number of nitrogens with one attached hydrogen (secondary N) is 2. The molecular weight excluding hydrogens is 232 g/mol. The van der Waals surface area contributed by atoms with Crippen LogP contribution >= 0.6 is 11.3 Å². The summed E-state index contributed by atoms with van der Waals surface area (Å²) in [7, 11) is 0. The number of aromatic amines is 1. The van der Waals surface area contributed by atoms with Gasteiger partial charge in [-0.2, -0.15) is 0 Å². The van der Waals surface area contributed by atoms with Crippen molar-refractivity contribution in [1.29, 1.82) is 0 Å². The van der Waals surface area contributed by atoms with Crippen LogP contribution in [0.25, 0.3) is 0 Å². The van der Waals surface area contributed by atoms with Crippen molar-refractivity contribution in [2.24, 2.45) is 11.3 Å². The van der Waals surface area contributed by atoms with E-state index in [0.717, 1.165) is 12.2 Å². The molecule has 0 saturated heterocycles. The number of H-pyrrole nitrogens is 1. The highest BCUT2D eigenvalue weighted by Crippen LogP contribution is 2.38. The van der Waals surface area contributed by atoms with E-state index >= 15 is 0 Å². The van der Waals surface area contributed by atoms with Gasteiger partial charge in [0, 0.05) is 23.7 Å². The Balaban J connectivity index is 1.86. The molecule has 0 aromatic carbocycles. The summed E-state index contributed by atoms with van der Waals surface area (Å²) >= 11 is 1.24. The second-order valence-corrected chi connectivity index (χ2v) is 6.89. The Morgan fingerprint density at radius 1 is 1.59 bits per heavy atom. The quantitative estimate of drug-likeness (QED) is 0.871. The molecule has 17 heavy (non-hydrogen) atoms. The standard InChI is InChI=1S/C13H22N2OS/c1-9-6-13(2,3)5-4-11(9)14-7-10-8-17-12(16)15-10/h8-9,11,14H,4-7H2,1-3H3,(H,15,16). The second-order valence-electron chi connectivity index (χ2n) is 6.05. The normalized spacial score (nSPS) is 28.2. The van der Waals surface area contributed by atoms with Gasteiger partial charge in [-0.3, -0.25) is 4.79 Å². The maximum atomic E-state index is 11.0. The van der Waals surface area contributed by atoms with E-state index in [1.165, 1.54) is 30.6 Å². The van der Waals surface area contributed by atoms with Crippen molar-refractivity contribution in [3.05, 3.63) is 20.7 Å². The number of rotatable bonds is 3. The lowest BCUT2D eigenvalue weighted by Crippen LogP contribution is -2.41. The van der Waals surface area contributed by atoms with Crippen LogP contribution in [0.4, 0.5) is 0 Å². The number of hydrogen-bond acceptors (Lipinski definition) is 3. The van der Waals surface area contributed by atoms with Gasteiger partial charge in [0.05, 0.1) is 0 Å². The first kappa shape index (κ1) is 12.8. The SMILES string of the molecule is CC1CC(C)(C)CCC1NCc1csc(=O)[nH]1. The zero-order valence-corrected chi connectivity index (χ0v) is 11.7. The van der Waals surface area contributed by atoms with Crippen molar-refractivity contribution in [2.75, 3.05) is 0 Å². The number of thiazole rings is 1. The van der Waals surface area contributed by atoms with Crippen molar-refractivity contribution in [3.63, 3.8) is 0 Å². The third kappa shape index (κ3) is 3.42. The van der Waals surface area contributed by atoms with Crippen LogP contribution in [0, 0.1) is 11.3 Å². The maximum absolute atomic E-state index is 11.0.